The second kappa shape index (κ2) is 16.4. The summed E-state index contributed by atoms with van der Waals surface area (Å²) in [6, 6.07) is 17.7. The number of primary amides is 1. The number of aryl methyl sites for hydroxylation is 2. The topological polar surface area (TPSA) is 132 Å². The number of aliphatic hydroxyl groups is 1. The Bertz CT molecular complexity index is 1060. The molecular weight excluding hydrogens is 480 g/mol. The third-order valence-electron chi connectivity index (χ3n) is 6.47. The van der Waals surface area contributed by atoms with E-state index in [1.165, 1.54) is 11.1 Å². The molecule has 2 aromatic carbocycles. The molecule has 2 amide bonds. The van der Waals surface area contributed by atoms with Gasteiger partial charge in [0.05, 0.1) is 24.2 Å². The molecule has 2 aliphatic rings. The zero-order valence-corrected chi connectivity index (χ0v) is 23.2. The minimum atomic E-state index is -0.544. The first-order chi connectivity index (χ1) is 17.8. The standard InChI is InChI=1S/C21H28N4O2.C8H10.CH4O.H2O.2H2/c1-16-14-25(21(15-27-2)11-7-4-8-12-21)19(23-16)18(24-20(22)26)13-17-9-5-3-6-10-17;1-7-5-3-4-6-8(7)2;1-2;;;/h3-11,16,18H,12-15H2,1-2H3,(H3,22,24,26);3-6H,1-2H3;2H,1H3;1H2;2*1H/t16?,18-,21?;;;;;/m0...../s1. The summed E-state index contributed by atoms with van der Waals surface area (Å²) in [4.78, 5) is 18.9. The highest BCUT2D eigenvalue weighted by Crippen LogP contribution is 2.31. The van der Waals surface area contributed by atoms with Crippen molar-refractivity contribution < 1.29 is 23.0 Å². The Kier molecular flexibility index (Phi) is 14.1. The van der Waals surface area contributed by atoms with Gasteiger partial charge in [0, 0.05) is 23.6 Å². The van der Waals surface area contributed by atoms with Crippen molar-refractivity contribution in [3.8, 4) is 0 Å². The van der Waals surface area contributed by atoms with Gasteiger partial charge in [0.2, 0.25) is 0 Å². The lowest BCUT2D eigenvalue weighted by molar-refractivity contribution is 0.0845. The van der Waals surface area contributed by atoms with E-state index in [9.17, 15) is 4.79 Å². The molecule has 0 fully saturated rings. The lowest BCUT2D eigenvalue weighted by Gasteiger charge is -2.43. The molecule has 3 atom stereocenters. The van der Waals surface area contributed by atoms with Gasteiger partial charge in [0.25, 0.3) is 0 Å². The zero-order valence-electron chi connectivity index (χ0n) is 23.2. The van der Waals surface area contributed by atoms with Crippen LogP contribution in [0.3, 0.4) is 0 Å². The number of rotatable bonds is 7. The number of ether oxygens (including phenoxy) is 1. The molecule has 38 heavy (non-hydrogen) atoms. The van der Waals surface area contributed by atoms with E-state index in [0.29, 0.717) is 13.0 Å². The molecule has 0 radical (unpaired) electrons. The molecule has 6 N–H and O–H groups in total. The molecule has 8 heteroatoms. The van der Waals surface area contributed by atoms with Gasteiger partial charge in [-0.2, -0.15) is 0 Å². The fraction of sp³-hybridized carbons (Fsp3) is 0.400. The number of nitrogens with zero attached hydrogens (tertiary/aromatic N) is 2. The molecule has 0 bridgehead atoms. The Labute approximate surface area is 230 Å². The van der Waals surface area contributed by atoms with Crippen molar-refractivity contribution in [3.05, 3.63) is 95.6 Å². The molecular formula is C30H48N4O4. The van der Waals surface area contributed by atoms with Crippen LogP contribution in [-0.4, -0.2) is 72.3 Å². The lowest BCUT2D eigenvalue weighted by atomic mass is 9.88. The maximum Gasteiger partial charge on any atom is 0.312 e. The van der Waals surface area contributed by atoms with Gasteiger partial charge in [-0.25, -0.2) is 4.79 Å². The molecule has 212 valence electrons. The van der Waals surface area contributed by atoms with Crippen LogP contribution in [0, 0.1) is 13.8 Å². The minimum absolute atomic E-state index is 0. The average molecular weight is 529 g/mol. The first-order valence-electron chi connectivity index (χ1n) is 12.6. The van der Waals surface area contributed by atoms with E-state index in [4.69, 9.17) is 20.6 Å². The quantitative estimate of drug-likeness (QED) is 0.504. The second-order valence-electron chi connectivity index (χ2n) is 9.31. The smallest absolute Gasteiger partial charge is 0.312 e. The predicted molar refractivity (Wildman–Crippen MR) is 160 cm³/mol. The first kappa shape index (κ1) is 32.6. The maximum absolute atomic E-state index is 11.7. The molecule has 4 rings (SSSR count). The van der Waals surface area contributed by atoms with Crippen molar-refractivity contribution in [2.24, 2.45) is 10.7 Å². The average Bonchev–Trinajstić information content (AvgIpc) is 3.30. The van der Waals surface area contributed by atoms with Crippen LogP contribution >= 0.6 is 0 Å². The number of carbonyl (C=O) groups is 1. The molecule has 0 aromatic heterocycles. The molecule has 8 nitrogen and oxygen atoms in total. The fourth-order valence-corrected chi connectivity index (χ4v) is 4.56. The molecule has 1 aliphatic heterocycles. The van der Waals surface area contributed by atoms with E-state index in [2.05, 4.69) is 73.5 Å². The Hall–Kier alpha value is -3.46. The first-order valence-corrected chi connectivity index (χ1v) is 12.6. The summed E-state index contributed by atoms with van der Waals surface area (Å²) < 4.78 is 5.57. The number of aliphatic imine (C=N–C) groups is 1. The highest BCUT2D eigenvalue weighted by Gasteiger charge is 2.42. The third kappa shape index (κ3) is 9.13. The minimum Gasteiger partial charge on any atom is -0.412 e. The number of aliphatic hydroxyl groups excluding tert-OH is 1. The molecule has 0 saturated carbocycles. The van der Waals surface area contributed by atoms with E-state index < -0.39 is 6.03 Å². The maximum atomic E-state index is 11.7. The number of allylic oxidation sites excluding steroid dienone is 2. The van der Waals surface area contributed by atoms with Crippen molar-refractivity contribution >= 4 is 11.9 Å². The van der Waals surface area contributed by atoms with E-state index in [-0.39, 0.29) is 26.0 Å². The zero-order chi connectivity index (χ0) is 27.3. The summed E-state index contributed by atoms with van der Waals surface area (Å²) in [7, 11) is 2.72. The van der Waals surface area contributed by atoms with Crippen molar-refractivity contribution in [2.75, 3.05) is 27.4 Å². The SMILES string of the molecule is CO.COCC1(N2CC(C)N=C2[C@H](Cc2ccccc2)NC(N)=O)C=CC=CC1.Cc1ccccc1C.O.[HH].[HH]. The molecule has 1 aliphatic carbocycles. The van der Waals surface area contributed by atoms with Gasteiger partial charge >= 0.3 is 6.03 Å². The number of carbonyl (C=O) groups excluding carboxylic acids is 1. The highest BCUT2D eigenvalue weighted by molar-refractivity contribution is 5.93. The van der Waals surface area contributed by atoms with Crippen LogP contribution in [0.15, 0.2) is 83.9 Å². The summed E-state index contributed by atoms with van der Waals surface area (Å²) >= 11 is 0. The fourth-order valence-electron chi connectivity index (χ4n) is 4.56. The third-order valence-corrected chi connectivity index (χ3v) is 6.47. The van der Waals surface area contributed by atoms with Crippen LogP contribution in [0.4, 0.5) is 4.79 Å². The van der Waals surface area contributed by atoms with Crippen molar-refractivity contribution in [1.82, 2.24) is 10.2 Å². The summed E-state index contributed by atoms with van der Waals surface area (Å²) in [5, 5.41) is 9.90. The molecule has 2 aromatic rings. The summed E-state index contributed by atoms with van der Waals surface area (Å²) in [5.74, 6) is 0.863. The van der Waals surface area contributed by atoms with Crippen LogP contribution in [0.25, 0.3) is 0 Å². The number of nitrogens with two attached hydrogens (primary N) is 1. The number of nitrogens with one attached hydrogen (secondary N) is 1. The molecule has 0 spiro atoms. The van der Waals surface area contributed by atoms with Crippen LogP contribution in [0.1, 0.15) is 32.9 Å². The van der Waals surface area contributed by atoms with Gasteiger partial charge in [-0.3, -0.25) is 4.99 Å². The van der Waals surface area contributed by atoms with Crippen LogP contribution in [0.5, 0.6) is 0 Å². The summed E-state index contributed by atoms with van der Waals surface area (Å²) in [5.41, 5.74) is 9.05. The number of hydrogen-bond donors (Lipinski definition) is 3. The van der Waals surface area contributed by atoms with Crippen LogP contribution in [-0.2, 0) is 11.2 Å². The Balaban J connectivity index is 0. The number of amides is 2. The normalized spacial score (nSPS) is 20.1. The monoisotopic (exact) mass is 528 g/mol. The van der Waals surface area contributed by atoms with E-state index in [1.54, 1.807) is 7.11 Å². The van der Waals surface area contributed by atoms with Crippen molar-refractivity contribution in [3.63, 3.8) is 0 Å². The van der Waals surface area contributed by atoms with Crippen molar-refractivity contribution in [2.45, 2.75) is 51.2 Å². The largest absolute Gasteiger partial charge is 0.412 e. The molecule has 2 unspecified atom stereocenters. The number of hydrogen-bond acceptors (Lipinski definition) is 5. The van der Waals surface area contributed by atoms with Crippen LogP contribution in [0.2, 0.25) is 0 Å². The van der Waals surface area contributed by atoms with Gasteiger partial charge in [-0.1, -0.05) is 78.9 Å². The van der Waals surface area contributed by atoms with E-state index >= 15 is 0 Å². The van der Waals surface area contributed by atoms with Gasteiger partial charge in [-0.15, -0.1) is 0 Å². The second-order valence-corrected chi connectivity index (χ2v) is 9.31. The summed E-state index contributed by atoms with van der Waals surface area (Å²) in [6.45, 7) is 7.66. The van der Waals surface area contributed by atoms with Crippen LogP contribution < -0.4 is 11.1 Å². The van der Waals surface area contributed by atoms with Gasteiger partial charge in [-0.05, 0) is 50.3 Å². The number of amidine groups is 1. The van der Waals surface area contributed by atoms with E-state index in [1.807, 2.05) is 36.4 Å². The number of methoxy groups -OCH3 is 1. The predicted octanol–water partition coefficient (Wildman–Crippen LogP) is 3.85. The number of benzene rings is 2. The van der Waals surface area contributed by atoms with Crippen molar-refractivity contribution in [1.29, 1.82) is 0 Å². The molecule has 0 saturated heterocycles. The molecule has 1 heterocycles. The lowest BCUT2D eigenvalue weighted by Crippen LogP contribution is -2.59. The van der Waals surface area contributed by atoms with E-state index in [0.717, 1.165) is 31.5 Å². The Morgan fingerprint density at radius 2 is 1.76 bits per heavy atom. The number of urea groups is 1. The highest BCUT2D eigenvalue weighted by atomic mass is 16.5. The summed E-state index contributed by atoms with van der Waals surface area (Å²) in [6.07, 6.45) is 9.89. The Morgan fingerprint density at radius 3 is 2.26 bits per heavy atom. The van der Waals surface area contributed by atoms with Gasteiger partial charge in [0.15, 0.2) is 0 Å². The Morgan fingerprint density at radius 1 is 1.16 bits per heavy atom. The van der Waals surface area contributed by atoms with Gasteiger partial charge < -0.3 is 31.3 Å². The van der Waals surface area contributed by atoms with Gasteiger partial charge in [0.1, 0.15) is 5.84 Å².